The molecule has 0 amide bonds. The lowest BCUT2D eigenvalue weighted by atomic mass is 9.82. The third-order valence-electron chi connectivity index (χ3n) is 9.86. The van der Waals surface area contributed by atoms with Gasteiger partial charge in [-0.25, -0.2) is 0 Å². The van der Waals surface area contributed by atoms with Crippen molar-refractivity contribution in [3.05, 3.63) is 181 Å². The zero-order valence-corrected chi connectivity index (χ0v) is 27.7. The van der Waals surface area contributed by atoms with Crippen molar-refractivity contribution >= 4 is 10.0 Å². The van der Waals surface area contributed by atoms with Gasteiger partial charge >= 0.3 is 0 Å². The topological polar surface area (TPSA) is 18.5 Å². The number of ether oxygens (including phenoxy) is 2. The van der Waals surface area contributed by atoms with Gasteiger partial charge in [-0.3, -0.25) is 0 Å². The van der Waals surface area contributed by atoms with Crippen molar-refractivity contribution < 1.29 is 9.47 Å². The Morgan fingerprint density at radius 3 is 1.48 bits per heavy atom. The van der Waals surface area contributed by atoms with Gasteiger partial charge in [0.05, 0.1) is 0 Å². The first-order chi connectivity index (χ1) is 23.5. The summed E-state index contributed by atoms with van der Waals surface area (Å²) in [7, 11) is -1.74. The quantitative estimate of drug-likeness (QED) is 0.187. The van der Waals surface area contributed by atoms with Crippen LogP contribution in [0.2, 0.25) is 0 Å². The van der Waals surface area contributed by atoms with Crippen LogP contribution in [0.5, 0.6) is 23.0 Å². The zero-order valence-electron chi connectivity index (χ0n) is 26.9. The predicted octanol–water partition coefficient (Wildman–Crippen LogP) is 12.9. The van der Waals surface area contributed by atoms with Crippen molar-refractivity contribution in [1.29, 1.82) is 0 Å². The van der Waals surface area contributed by atoms with Crippen molar-refractivity contribution in [3.8, 4) is 45.3 Å². The molecule has 0 bridgehead atoms. The molecule has 48 heavy (non-hydrogen) atoms. The number of benzene rings is 7. The van der Waals surface area contributed by atoms with Crippen LogP contribution < -0.4 is 9.47 Å². The Bertz CT molecular complexity index is 2200. The van der Waals surface area contributed by atoms with E-state index >= 15 is 0 Å². The lowest BCUT2D eigenvalue weighted by molar-refractivity contribution is 0.359. The Morgan fingerprint density at radius 1 is 0.375 bits per heavy atom. The van der Waals surface area contributed by atoms with Crippen LogP contribution >= 0.6 is 10.0 Å². The van der Waals surface area contributed by atoms with Gasteiger partial charge in [-0.1, -0.05) is 111 Å². The van der Waals surface area contributed by atoms with E-state index in [1.165, 1.54) is 41.8 Å². The minimum absolute atomic E-state index is 0.0958. The van der Waals surface area contributed by atoms with Gasteiger partial charge in [0, 0.05) is 25.0 Å². The maximum Gasteiger partial charge on any atom is 0.170 e. The van der Waals surface area contributed by atoms with E-state index in [1.54, 1.807) is 0 Å². The van der Waals surface area contributed by atoms with Crippen LogP contribution in [0.3, 0.4) is 0 Å². The van der Waals surface area contributed by atoms with Crippen LogP contribution in [0.25, 0.3) is 22.3 Å². The molecule has 7 aromatic rings. The predicted molar refractivity (Wildman–Crippen MR) is 196 cm³/mol. The van der Waals surface area contributed by atoms with Crippen LogP contribution in [0, 0.1) is 0 Å². The Labute approximate surface area is 283 Å². The Balaban J connectivity index is 1.10. The Hall–Kier alpha value is -5.51. The highest BCUT2D eigenvalue weighted by Gasteiger charge is 2.37. The molecule has 1 heterocycles. The second-order valence-corrected chi connectivity index (χ2v) is 16.1. The molecule has 0 aromatic heterocycles. The summed E-state index contributed by atoms with van der Waals surface area (Å²) in [6, 6.07) is 61.2. The summed E-state index contributed by atoms with van der Waals surface area (Å²) in [6.07, 6.45) is 0. The molecule has 232 valence electrons. The van der Waals surface area contributed by atoms with Gasteiger partial charge in [0.2, 0.25) is 0 Å². The molecule has 0 fully saturated rings. The summed E-state index contributed by atoms with van der Waals surface area (Å²) in [5, 5.41) is 0. The fourth-order valence-electron chi connectivity index (χ4n) is 7.50. The molecule has 0 saturated heterocycles. The van der Waals surface area contributed by atoms with Crippen molar-refractivity contribution in [1.82, 2.24) is 0 Å². The molecule has 2 nitrogen and oxygen atoms in total. The highest BCUT2D eigenvalue weighted by Crippen LogP contribution is 2.73. The number of hydrogen-bond donors (Lipinski definition) is 0. The smallest absolute Gasteiger partial charge is 0.170 e. The third kappa shape index (κ3) is 4.35. The maximum absolute atomic E-state index is 6.58. The fourth-order valence-corrected chi connectivity index (χ4v) is 11.4. The Morgan fingerprint density at radius 2 is 0.854 bits per heavy atom. The average molecular weight is 639 g/mol. The van der Waals surface area contributed by atoms with Crippen LogP contribution in [-0.4, -0.2) is 0 Å². The monoisotopic (exact) mass is 638 g/mol. The van der Waals surface area contributed by atoms with Crippen molar-refractivity contribution in [2.75, 3.05) is 0 Å². The van der Waals surface area contributed by atoms with E-state index in [0.29, 0.717) is 0 Å². The molecule has 0 N–H and O–H groups in total. The molecular weight excluding hydrogens is 605 g/mol. The van der Waals surface area contributed by atoms with Crippen LogP contribution in [0.1, 0.15) is 25.0 Å². The molecule has 2 aliphatic rings. The van der Waals surface area contributed by atoms with Crippen molar-refractivity contribution in [2.24, 2.45) is 0 Å². The van der Waals surface area contributed by atoms with Crippen LogP contribution in [0.15, 0.2) is 189 Å². The highest BCUT2D eigenvalue weighted by atomic mass is 32.3. The standard InChI is InChI=1S/C45H34O2S/c1-45(2)39-21-13-12-20-37(39)38-29-43-44(30-40(38)45)46-41-27-24-32(28-42(41)47-43)31-22-25-36(26-23-31)48(33-14-6-3-7-15-33,34-16-8-4-9-17-34)35-18-10-5-11-19-35/h3-30H,1-2H3. The second-order valence-electron chi connectivity index (χ2n) is 13.0. The molecule has 1 aliphatic carbocycles. The average Bonchev–Trinajstić information content (AvgIpc) is 3.36. The molecule has 0 atom stereocenters. The number of fused-ring (bicyclic) bond motifs is 5. The van der Waals surface area contributed by atoms with Crippen molar-refractivity contribution in [2.45, 2.75) is 38.8 Å². The lowest BCUT2D eigenvalue weighted by Gasteiger charge is -2.42. The first-order valence-electron chi connectivity index (χ1n) is 16.4. The molecule has 0 saturated carbocycles. The van der Waals surface area contributed by atoms with Gasteiger partial charge in [-0.15, -0.1) is 10.0 Å². The lowest BCUT2D eigenvalue weighted by Crippen LogP contribution is -2.15. The molecule has 9 rings (SSSR count). The largest absolute Gasteiger partial charge is 0.450 e. The third-order valence-corrected chi connectivity index (χ3v) is 13.8. The summed E-state index contributed by atoms with van der Waals surface area (Å²) < 4.78 is 13.1. The van der Waals surface area contributed by atoms with E-state index in [1.807, 2.05) is 6.07 Å². The zero-order chi connectivity index (χ0) is 32.3. The molecule has 3 heteroatoms. The molecule has 0 unspecified atom stereocenters. The summed E-state index contributed by atoms with van der Waals surface area (Å²) in [5.41, 5.74) is 7.20. The second kappa shape index (κ2) is 11.0. The van der Waals surface area contributed by atoms with Gasteiger partial charge in [0.15, 0.2) is 23.0 Å². The van der Waals surface area contributed by atoms with E-state index < -0.39 is 10.0 Å². The first kappa shape index (κ1) is 28.7. The van der Waals surface area contributed by atoms with Crippen LogP contribution in [-0.2, 0) is 5.41 Å². The highest BCUT2D eigenvalue weighted by molar-refractivity contribution is 8.34. The van der Waals surface area contributed by atoms with E-state index in [0.717, 1.165) is 34.1 Å². The van der Waals surface area contributed by atoms with Gasteiger partial charge < -0.3 is 9.47 Å². The summed E-state index contributed by atoms with van der Waals surface area (Å²) in [5.74, 6) is 2.98. The number of hydrogen-bond acceptors (Lipinski definition) is 2. The van der Waals surface area contributed by atoms with Gasteiger partial charge in [0.1, 0.15) is 0 Å². The van der Waals surface area contributed by atoms with Gasteiger partial charge in [-0.05, 0) is 106 Å². The first-order valence-corrected chi connectivity index (χ1v) is 18.0. The summed E-state index contributed by atoms with van der Waals surface area (Å²) in [6.45, 7) is 4.56. The molecule has 7 aromatic carbocycles. The molecule has 0 spiro atoms. The van der Waals surface area contributed by atoms with E-state index in [2.05, 4.69) is 178 Å². The maximum atomic E-state index is 6.58. The van der Waals surface area contributed by atoms with E-state index in [9.17, 15) is 0 Å². The molecular formula is C45H34O2S. The van der Waals surface area contributed by atoms with Gasteiger partial charge in [-0.2, -0.15) is 0 Å². The Kier molecular flexibility index (Phi) is 6.60. The summed E-state index contributed by atoms with van der Waals surface area (Å²) in [4.78, 5) is 5.22. The molecule has 0 radical (unpaired) electrons. The normalized spacial score (nSPS) is 14.0. The summed E-state index contributed by atoms with van der Waals surface area (Å²) >= 11 is 0. The fraction of sp³-hybridized carbons (Fsp3) is 0.0667. The minimum atomic E-state index is -1.74. The SMILES string of the molecule is CC1(C)c2ccccc2-c2cc3c(cc21)Oc1ccc(-c2ccc(S(c4ccccc4)(c4ccccc4)c4ccccc4)cc2)cc1O3. The van der Waals surface area contributed by atoms with E-state index in [-0.39, 0.29) is 5.41 Å². The van der Waals surface area contributed by atoms with E-state index in [4.69, 9.17) is 9.47 Å². The van der Waals surface area contributed by atoms with Crippen molar-refractivity contribution in [3.63, 3.8) is 0 Å². The van der Waals surface area contributed by atoms with Crippen LogP contribution in [0.4, 0.5) is 0 Å². The molecule has 1 aliphatic heterocycles. The minimum Gasteiger partial charge on any atom is -0.450 e. The van der Waals surface area contributed by atoms with Gasteiger partial charge in [0.25, 0.3) is 0 Å². The number of rotatable bonds is 5.